The van der Waals surface area contributed by atoms with Crippen molar-refractivity contribution in [1.29, 1.82) is 0 Å². The first kappa shape index (κ1) is 24.2. The fourth-order valence-corrected chi connectivity index (χ4v) is 4.27. The highest BCUT2D eigenvalue weighted by atomic mass is 19.1. The van der Waals surface area contributed by atoms with Crippen LogP contribution in [0.25, 0.3) is 11.0 Å². The van der Waals surface area contributed by atoms with E-state index < -0.39 is 5.54 Å². The van der Waals surface area contributed by atoms with E-state index in [4.69, 9.17) is 9.47 Å². The number of benzene rings is 3. The van der Waals surface area contributed by atoms with Gasteiger partial charge in [-0.15, -0.1) is 5.10 Å². The predicted octanol–water partition coefficient (Wildman–Crippen LogP) is 4.14. The first-order valence-corrected chi connectivity index (χ1v) is 11.9. The van der Waals surface area contributed by atoms with Crippen LogP contribution in [0.5, 0.6) is 11.5 Å². The lowest BCUT2D eigenvalue weighted by atomic mass is 9.93. The van der Waals surface area contributed by atoms with Crippen LogP contribution < -0.4 is 14.8 Å². The van der Waals surface area contributed by atoms with Crippen LogP contribution in [-0.4, -0.2) is 44.0 Å². The Balaban J connectivity index is 1.45. The van der Waals surface area contributed by atoms with Crippen molar-refractivity contribution in [3.63, 3.8) is 0 Å². The zero-order chi connectivity index (χ0) is 26.0. The summed E-state index contributed by atoms with van der Waals surface area (Å²) >= 11 is 0. The monoisotopic (exact) mass is 503 g/mol. The van der Waals surface area contributed by atoms with Crippen LogP contribution in [0.2, 0.25) is 0 Å². The summed E-state index contributed by atoms with van der Waals surface area (Å²) in [6.45, 7) is 3.67. The van der Waals surface area contributed by atoms with E-state index in [0.717, 1.165) is 0 Å². The molecule has 4 aromatic rings. The van der Waals surface area contributed by atoms with Gasteiger partial charge < -0.3 is 19.7 Å². The van der Waals surface area contributed by atoms with Crippen molar-refractivity contribution < 1.29 is 23.5 Å². The first-order chi connectivity index (χ1) is 17.9. The molecule has 3 aromatic carbocycles. The number of nitrogens with one attached hydrogen (secondary N) is 1. The van der Waals surface area contributed by atoms with E-state index in [-0.39, 0.29) is 37.5 Å². The Labute approximate surface area is 212 Å². The summed E-state index contributed by atoms with van der Waals surface area (Å²) in [4.78, 5) is 29.0. The molecule has 0 saturated carbocycles. The van der Waals surface area contributed by atoms with Gasteiger partial charge in [0.15, 0.2) is 11.5 Å². The zero-order valence-corrected chi connectivity index (χ0v) is 20.5. The van der Waals surface area contributed by atoms with Gasteiger partial charge in [-0.3, -0.25) is 9.59 Å². The predicted molar refractivity (Wildman–Crippen MR) is 134 cm³/mol. The van der Waals surface area contributed by atoms with Gasteiger partial charge in [0, 0.05) is 18.3 Å². The quantitative estimate of drug-likeness (QED) is 0.388. The number of anilines is 1. The number of ether oxygens (including phenoxy) is 2. The molecule has 1 N–H and O–H groups in total. The van der Waals surface area contributed by atoms with Crippen molar-refractivity contribution in [2.24, 2.45) is 0 Å². The van der Waals surface area contributed by atoms with Crippen molar-refractivity contribution >= 4 is 28.5 Å². The summed E-state index contributed by atoms with van der Waals surface area (Å²) < 4.78 is 25.8. The number of hydrogen-bond acceptors (Lipinski definition) is 6. The number of carbonyl (C=O) groups excluding carboxylic acids is 2. The third-order valence-electron chi connectivity index (χ3n) is 6.66. The van der Waals surface area contributed by atoms with Gasteiger partial charge in [-0.2, -0.15) is 0 Å². The van der Waals surface area contributed by atoms with Gasteiger partial charge in [-0.1, -0.05) is 36.4 Å². The largest absolute Gasteiger partial charge is 0.454 e. The summed E-state index contributed by atoms with van der Waals surface area (Å²) in [5, 5.41) is 11.2. The maximum Gasteiger partial charge on any atom is 0.250 e. The van der Waals surface area contributed by atoms with E-state index in [2.05, 4.69) is 15.6 Å². The molecule has 0 saturated heterocycles. The number of aromatic nitrogens is 3. The molecule has 0 spiro atoms. The fourth-order valence-electron chi connectivity index (χ4n) is 4.27. The highest BCUT2D eigenvalue weighted by Gasteiger charge is 2.41. The molecular formula is C27H26FN5O4. The Bertz CT molecular complexity index is 1450. The standard InChI is InChI=1S/C27H26FN5O4/c1-3-27(2,26(35)29-20-12-13-23-24(14-20)37-17-36-23)32(15-18-8-10-19(28)11-9-18)25(34)16-33-22-7-5-4-6-21(22)30-31-33/h4-14H,3,15-17H2,1-2H3,(H,29,35). The summed E-state index contributed by atoms with van der Waals surface area (Å²) in [6, 6.07) is 18.3. The number of hydrogen-bond donors (Lipinski definition) is 1. The minimum absolute atomic E-state index is 0.102. The summed E-state index contributed by atoms with van der Waals surface area (Å²) in [5.41, 5.74) is 1.34. The van der Waals surface area contributed by atoms with Crippen LogP contribution in [0.15, 0.2) is 66.7 Å². The minimum atomic E-state index is -1.24. The van der Waals surface area contributed by atoms with E-state index in [1.807, 2.05) is 31.2 Å². The molecule has 1 atom stereocenters. The van der Waals surface area contributed by atoms with E-state index in [0.29, 0.717) is 40.2 Å². The van der Waals surface area contributed by atoms with Crippen LogP contribution in [0, 0.1) is 5.82 Å². The van der Waals surface area contributed by atoms with Gasteiger partial charge in [0.1, 0.15) is 23.4 Å². The minimum Gasteiger partial charge on any atom is -0.454 e. The lowest BCUT2D eigenvalue weighted by Crippen LogP contribution is -2.57. The average Bonchev–Trinajstić information content (AvgIpc) is 3.54. The van der Waals surface area contributed by atoms with Gasteiger partial charge in [-0.25, -0.2) is 9.07 Å². The van der Waals surface area contributed by atoms with E-state index in [1.165, 1.54) is 21.7 Å². The van der Waals surface area contributed by atoms with E-state index in [1.54, 1.807) is 37.3 Å². The molecular weight excluding hydrogens is 477 g/mol. The Morgan fingerprint density at radius 3 is 2.62 bits per heavy atom. The van der Waals surface area contributed by atoms with Crippen LogP contribution in [0.1, 0.15) is 25.8 Å². The number of nitrogens with zero attached hydrogens (tertiary/aromatic N) is 4. The molecule has 190 valence electrons. The second-order valence-electron chi connectivity index (χ2n) is 8.99. The zero-order valence-electron chi connectivity index (χ0n) is 20.5. The van der Waals surface area contributed by atoms with Gasteiger partial charge in [-0.05, 0) is 55.3 Å². The summed E-state index contributed by atoms with van der Waals surface area (Å²) in [6.07, 6.45) is 0.328. The molecule has 0 radical (unpaired) electrons. The molecule has 9 nitrogen and oxygen atoms in total. The van der Waals surface area contributed by atoms with E-state index in [9.17, 15) is 14.0 Å². The molecule has 5 rings (SSSR count). The van der Waals surface area contributed by atoms with Gasteiger partial charge in [0.05, 0.1) is 5.52 Å². The van der Waals surface area contributed by atoms with Crippen molar-refractivity contribution in [2.45, 2.75) is 38.9 Å². The highest BCUT2D eigenvalue weighted by Crippen LogP contribution is 2.35. The molecule has 0 aliphatic carbocycles. The number of fused-ring (bicyclic) bond motifs is 2. The van der Waals surface area contributed by atoms with Crippen molar-refractivity contribution in [1.82, 2.24) is 19.9 Å². The third kappa shape index (κ3) is 4.82. The number of amides is 2. The number of rotatable bonds is 8. The van der Waals surface area contributed by atoms with Gasteiger partial charge in [0.2, 0.25) is 18.6 Å². The second-order valence-corrected chi connectivity index (χ2v) is 8.99. The molecule has 1 unspecified atom stereocenters. The van der Waals surface area contributed by atoms with Crippen molar-refractivity contribution in [3.05, 3.63) is 78.1 Å². The van der Waals surface area contributed by atoms with Gasteiger partial charge >= 0.3 is 0 Å². The number of halogens is 1. The Kier molecular flexibility index (Phi) is 6.47. The summed E-state index contributed by atoms with van der Waals surface area (Å²) in [7, 11) is 0. The molecule has 2 amide bonds. The Morgan fingerprint density at radius 2 is 1.84 bits per heavy atom. The lowest BCUT2D eigenvalue weighted by Gasteiger charge is -2.39. The van der Waals surface area contributed by atoms with Crippen LogP contribution in [0.4, 0.5) is 10.1 Å². The van der Waals surface area contributed by atoms with Crippen LogP contribution in [-0.2, 0) is 22.7 Å². The second kappa shape index (κ2) is 9.88. The SMILES string of the molecule is CCC(C)(C(=O)Nc1ccc2c(c1)OCO2)N(Cc1ccc(F)cc1)C(=O)Cn1nnc2ccccc21. The average molecular weight is 504 g/mol. The molecule has 1 aliphatic rings. The first-order valence-electron chi connectivity index (χ1n) is 11.9. The van der Waals surface area contributed by atoms with Crippen LogP contribution in [0.3, 0.4) is 0 Å². The molecule has 0 bridgehead atoms. The smallest absolute Gasteiger partial charge is 0.250 e. The summed E-state index contributed by atoms with van der Waals surface area (Å²) in [5.74, 6) is 0.0604. The molecule has 0 fully saturated rings. The topological polar surface area (TPSA) is 98.6 Å². The molecule has 37 heavy (non-hydrogen) atoms. The third-order valence-corrected chi connectivity index (χ3v) is 6.66. The van der Waals surface area contributed by atoms with Crippen molar-refractivity contribution in [2.75, 3.05) is 12.1 Å². The van der Waals surface area contributed by atoms with Crippen LogP contribution >= 0.6 is 0 Å². The normalized spacial score (nSPS) is 13.8. The number of para-hydroxylation sites is 1. The lowest BCUT2D eigenvalue weighted by molar-refractivity contribution is -0.146. The van der Waals surface area contributed by atoms with Crippen molar-refractivity contribution in [3.8, 4) is 11.5 Å². The highest BCUT2D eigenvalue weighted by molar-refractivity contribution is 6.00. The molecule has 2 heterocycles. The molecule has 1 aromatic heterocycles. The van der Waals surface area contributed by atoms with Gasteiger partial charge in [0.25, 0.3) is 0 Å². The maximum absolute atomic E-state index is 13.8. The Morgan fingerprint density at radius 1 is 1.08 bits per heavy atom. The maximum atomic E-state index is 13.8. The molecule has 1 aliphatic heterocycles. The van der Waals surface area contributed by atoms with E-state index >= 15 is 0 Å². The molecule has 10 heteroatoms. The fraction of sp³-hybridized carbons (Fsp3) is 0.259. The Hall–Kier alpha value is -4.47. The number of carbonyl (C=O) groups is 2.